The number of carbonyl (C=O) groups is 1. The Morgan fingerprint density at radius 3 is 2.44 bits per heavy atom. The molecule has 8 heteroatoms. The zero-order chi connectivity index (χ0) is 18.5. The van der Waals surface area contributed by atoms with E-state index in [-0.39, 0.29) is 31.6 Å². The maximum atomic E-state index is 11.9. The number of amides is 1. The smallest absolute Gasteiger partial charge is 0.407 e. The summed E-state index contributed by atoms with van der Waals surface area (Å²) in [5.74, 6) is 0. The minimum Gasteiger partial charge on any atom is -0.444 e. The third-order valence-electron chi connectivity index (χ3n) is 4.46. The van der Waals surface area contributed by atoms with Gasteiger partial charge in [-0.3, -0.25) is 5.32 Å². The van der Waals surface area contributed by atoms with Crippen LogP contribution < -0.4 is 10.6 Å². The number of nitrogens with one attached hydrogen (secondary N) is 2. The minimum atomic E-state index is -0.606. The molecule has 1 amide bonds. The van der Waals surface area contributed by atoms with E-state index in [1.165, 1.54) is 0 Å². The molecular weight excluding hydrogens is 328 g/mol. The van der Waals surface area contributed by atoms with Crippen molar-refractivity contribution in [1.29, 1.82) is 0 Å². The van der Waals surface area contributed by atoms with Crippen LogP contribution in [0.15, 0.2) is 0 Å². The van der Waals surface area contributed by atoms with Crippen molar-refractivity contribution in [3.63, 3.8) is 0 Å². The predicted molar refractivity (Wildman–Crippen MR) is 91.1 cm³/mol. The largest absolute Gasteiger partial charge is 0.444 e. The first-order chi connectivity index (χ1) is 11.8. The molecule has 4 N–H and O–H groups in total. The molecule has 2 saturated heterocycles. The van der Waals surface area contributed by atoms with Crippen LogP contribution in [0, 0.1) is 0 Å². The van der Waals surface area contributed by atoms with Crippen LogP contribution in [0.1, 0.15) is 46.5 Å². The highest BCUT2D eigenvalue weighted by atomic mass is 16.6. The molecule has 2 fully saturated rings. The number of aliphatic hydroxyl groups excluding tert-OH is 2. The van der Waals surface area contributed by atoms with Gasteiger partial charge in [-0.2, -0.15) is 0 Å². The van der Waals surface area contributed by atoms with E-state index in [1.807, 2.05) is 20.8 Å². The van der Waals surface area contributed by atoms with Gasteiger partial charge in [-0.1, -0.05) is 0 Å². The van der Waals surface area contributed by atoms with E-state index in [9.17, 15) is 9.90 Å². The molecule has 0 aliphatic carbocycles. The number of rotatable bonds is 7. The van der Waals surface area contributed by atoms with E-state index in [4.69, 9.17) is 19.3 Å². The van der Waals surface area contributed by atoms with Gasteiger partial charge in [0, 0.05) is 6.54 Å². The lowest BCUT2D eigenvalue weighted by atomic mass is 9.99. The first kappa shape index (κ1) is 20.4. The minimum absolute atomic E-state index is 0.0204. The zero-order valence-electron chi connectivity index (χ0n) is 15.4. The number of hydrogen-bond donors (Lipinski definition) is 4. The second kappa shape index (κ2) is 8.64. The monoisotopic (exact) mass is 360 g/mol. The van der Waals surface area contributed by atoms with E-state index in [0.29, 0.717) is 13.1 Å². The van der Waals surface area contributed by atoms with Crippen LogP contribution in [0.25, 0.3) is 0 Å². The van der Waals surface area contributed by atoms with Gasteiger partial charge >= 0.3 is 6.09 Å². The average Bonchev–Trinajstić information content (AvgIpc) is 3.17. The molecule has 4 atom stereocenters. The fraction of sp³-hybridized carbons (Fsp3) is 0.941. The standard InChI is InChI=1S/C17H32N2O6/c1-16(2,3)25-15(22)19-11-17(7-6-13(9-21)24-17)10-18-14-5-4-12(8-20)23-14/h12-14,18,20-21H,4-11H2,1-3H3,(H,19,22). The Bertz CT molecular complexity index is 441. The molecule has 0 bridgehead atoms. The Morgan fingerprint density at radius 2 is 1.88 bits per heavy atom. The normalized spacial score (nSPS) is 32.8. The number of hydrogen-bond acceptors (Lipinski definition) is 7. The number of aliphatic hydroxyl groups is 2. The fourth-order valence-electron chi connectivity index (χ4n) is 3.18. The highest BCUT2D eigenvalue weighted by Gasteiger charge is 2.41. The molecule has 4 unspecified atom stereocenters. The van der Waals surface area contributed by atoms with E-state index >= 15 is 0 Å². The molecule has 0 spiro atoms. The van der Waals surface area contributed by atoms with Gasteiger partial charge < -0.3 is 29.7 Å². The summed E-state index contributed by atoms with van der Waals surface area (Å²) in [6.45, 7) is 6.20. The topological polar surface area (TPSA) is 109 Å². The van der Waals surface area contributed by atoms with Crippen molar-refractivity contribution in [2.45, 2.75) is 76.1 Å². The van der Waals surface area contributed by atoms with Crippen molar-refractivity contribution in [2.24, 2.45) is 0 Å². The lowest BCUT2D eigenvalue weighted by Crippen LogP contribution is -2.52. The average molecular weight is 360 g/mol. The summed E-state index contributed by atoms with van der Waals surface area (Å²) in [6, 6.07) is 0. The SMILES string of the molecule is CC(C)(C)OC(=O)NCC1(CNC2CCC(CO)O2)CCC(CO)O1. The van der Waals surface area contributed by atoms with Gasteiger partial charge in [-0.15, -0.1) is 0 Å². The van der Waals surface area contributed by atoms with Crippen LogP contribution in [0.3, 0.4) is 0 Å². The molecule has 2 rings (SSSR count). The lowest BCUT2D eigenvalue weighted by Gasteiger charge is -2.32. The summed E-state index contributed by atoms with van der Waals surface area (Å²) in [6.07, 6.45) is 2.13. The Labute approximate surface area is 149 Å². The van der Waals surface area contributed by atoms with Crippen LogP contribution >= 0.6 is 0 Å². The van der Waals surface area contributed by atoms with Crippen LogP contribution in [-0.4, -0.2) is 72.2 Å². The molecule has 0 aromatic rings. The van der Waals surface area contributed by atoms with E-state index in [0.717, 1.165) is 25.7 Å². The zero-order valence-corrected chi connectivity index (χ0v) is 15.4. The summed E-state index contributed by atoms with van der Waals surface area (Å²) in [5.41, 5.74) is -1.17. The van der Waals surface area contributed by atoms with Crippen LogP contribution in [-0.2, 0) is 14.2 Å². The summed E-state index contributed by atoms with van der Waals surface area (Å²) in [5, 5.41) is 24.6. The Balaban J connectivity index is 1.87. The summed E-state index contributed by atoms with van der Waals surface area (Å²) >= 11 is 0. The molecule has 0 aromatic carbocycles. The van der Waals surface area contributed by atoms with E-state index in [2.05, 4.69) is 10.6 Å². The molecular formula is C17H32N2O6. The molecule has 0 aromatic heterocycles. The molecule has 0 saturated carbocycles. The number of ether oxygens (including phenoxy) is 3. The van der Waals surface area contributed by atoms with Crippen LogP contribution in [0.2, 0.25) is 0 Å². The quantitative estimate of drug-likeness (QED) is 0.524. The van der Waals surface area contributed by atoms with Gasteiger partial charge in [0.1, 0.15) is 11.8 Å². The summed E-state index contributed by atoms with van der Waals surface area (Å²) in [4.78, 5) is 11.9. The first-order valence-corrected chi connectivity index (χ1v) is 9.00. The Hall–Kier alpha value is -0.930. The molecule has 2 aliphatic rings. The molecule has 0 radical (unpaired) electrons. The fourth-order valence-corrected chi connectivity index (χ4v) is 3.18. The number of carbonyl (C=O) groups excluding carboxylic acids is 1. The van der Waals surface area contributed by atoms with Crippen molar-refractivity contribution in [2.75, 3.05) is 26.3 Å². The molecule has 8 nitrogen and oxygen atoms in total. The molecule has 25 heavy (non-hydrogen) atoms. The summed E-state index contributed by atoms with van der Waals surface area (Å²) in [7, 11) is 0. The van der Waals surface area contributed by atoms with Crippen molar-refractivity contribution in [3.8, 4) is 0 Å². The van der Waals surface area contributed by atoms with E-state index < -0.39 is 17.3 Å². The van der Waals surface area contributed by atoms with Gasteiger partial charge in [0.25, 0.3) is 0 Å². The highest BCUT2D eigenvalue weighted by Crippen LogP contribution is 2.30. The second-order valence-electron chi connectivity index (χ2n) is 7.89. The van der Waals surface area contributed by atoms with Crippen molar-refractivity contribution >= 4 is 6.09 Å². The van der Waals surface area contributed by atoms with Crippen molar-refractivity contribution in [1.82, 2.24) is 10.6 Å². The molecule has 2 heterocycles. The Kier molecular flexibility index (Phi) is 7.04. The second-order valence-corrected chi connectivity index (χ2v) is 7.89. The Morgan fingerprint density at radius 1 is 1.16 bits per heavy atom. The van der Waals surface area contributed by atoms with Gasteiger partial charge in [0.15, 0.2) is 0 Å². The highest BCUT2D eigenvalue weighted by molar-refractivity contribution is 5.67. The molecule has 146 valence electrons. The predicted octanol–water partition coefficient (Wildman–Crippen LogP) is 0.508. The van der Waals surface area contributed by atoms with Crippen molar-refractivity contribution < 1.29 is 29.2 Å². The third-order valence-corrected chi connectivity index (χ3v) is 4.46. The lowest BCUT2D eigenvalue weighted by molar-refractivity contribution is -0.0693. The molecule has 2 aliphatic heterocycles. The van der Waals surface area contributed by atoms with Crippen molar-refractivity contribution in [3.05, 3.63) is 0 Å². The van der Waals surface area contributed by atoms with Gasteiger partial charge in [0.2, 0.25) is 0 Å². The first-order valence-electron chi connectivity index (χ1n) is 9.00. The van der Waals surface area contributed by atoms with Crippen LogP contribution in [0.4, 0.5) is 4.79 Å². The van der Waals surface area contributed by atoms with E-state index in [1.54, 1.807) is 0 Å². The maximum Gasteiger partial charge on any atom is 0.407 e. The maximum absolute atomic E-state index is 11.9. The van der Waals surface area contributed by atoms with Gasteiger partial charge in [-0.25, -0.2) is 4.79 Å². The van der Waals surface area contributed by atoms with Crippen LogP contribution in [0.5, 0.6) is 0 Å². The summed E-state index contributed by atoms with van der Waals surface area (Å²) < 4.78 is 17.0. The van der Waals surface area contributed by atoms with Gasteiger partial charge in [-0.05, 0) is 46.5 Å². The number of alkyl carbamates (subject to hydrolysis) is 1. The van der Waals surface area contributed by atoms with Gasteiger partial charge in [0.05, 0.1) is 37.6 Å². The third kappa shape index (κ3) is 6.38.